The number of thiocarbonyl (C=S) groups is 1. The van der Waals surface area contributed by atoms with Gasteiger partial charge in [0, 0.05) is 16.4 Å². The van der Waals surface area contributed by atoms with Gasteiger partial charge in [0.05, 0.1) is 0 Å². The average molecular weight is 276 g/mol. The van der Waals surface area contributed by atoms with Gasteiger partial charge in [0.15, 0.2) is 5.11 Å². The Bertz CT molecular complexity index is 556. The van der Waals surface area contributed by atoms with E-state index >= 15 is 0 Å². The molecule has 2 N–H and O–H groups in total. The molecular weight excluding hydrogens is 260 g/mol. The third kappa shape index (κ3) is 2.65. The van der Waals surface area contributed by atoms with Crippen molar-refractivity contribution in [2.24, 2.45) is 0 Å². The monoisotopic (exact) mass is 276 g/mol. The molecule has 0 spiro atoms. The molecule has 0 bridgehead atoms. The highest BCUT2D eigenvalue weighted by Gasteiger charge is 2.15. The SMILES string of the molecule is S=C(Nc1ccc2sccc2c1)NC1CCCC1. The van der Waals surface area contributed by atoms with Crippen molar-refractivity contribution in [1.29, 1.82) is 0 Å². The second kappa shape index (κ2) is 5.24. The van der Waals surface area contributed by atoms with Crippen molar-refractivity contribution in [3.63, 3.8) is 0 Å². The van der Waals surface area contributed by atoms with Crippen LogP contribution in [-0.2, 0) is 0 Å². The molecule has 0 aliphatic heterocycles. The minimum absolute atomic E-state index is 0.565. The van der Waals surface area contributed by atoms with Crippen LogP contribution in [-0.4, -0.2) is 11.2 Å². The lowest BCUT2D eigenvalue weighted by atomic mass is 10.2. The Morgan fingerprint density at radius 3 is 2.89 bits per heavy atom. The molecule has 0 radical (unpaired) electrons. The van der Waals surface area contributed by atoms with Crippen molar-refractivity contribution >= 4 is 44.4 Å². The van der Waals surface area contributed by atoms with Crippen molar-refractivity contribution in [3.8, 4) is 0 Å². The first-order chi connectivity index (χ1) is 8.81. The van der Waals surface area contributed by atoms with E-state index in [1.165, 1.54) is 35.8 Å². The summed E-state index contributed by atoms with van der Waals surface area (Å²) in [7, 11) is 0. The molecule has 0 unspecified atom stereocenters. The van der Waals surface area contributed by atoms with Gasteiger partial charge in [-0.15, -0.1) is 11.3 Å². The summed E-state index contributed by atoms with van der Waals surface area (Å²) in [5.74, 6) is 0. The Morgan fingerprint density at radius 2 is 2.06 bits per heavy atom. The lowest BCUT2D eigenvalue weighted by Gasteiger charge is -2.15. The summed E-state index contributed by atoms with van der Waals surface area (Å²) in [4.78, 5) is 0. The topological polar surface area (TPSA) is 24.1 Å². The van der Waals surface area contributed by atoms with Crippen molar-refractivity contribution in [3.05, 3.63) is 29.6 Å². The van der Waals surface area contributed by atoms with Gasteiger partial charge in [0.1, 0.15) is 0 Å². The number of nitrogens with one attached hydrogen (secondary N) is 2. The molecule has 1 saturated carbocycles. The number of hydrogen-bond donors (Lipinski definition) is 2. The van der Waals surface area contributed by atoms with Gasteiger partial charge in [-0.1, -0.05) is 12.8 Å². The number of anilines is 1. The zero-order chi connectivity index (χ0) is 12.4. The van der Waals surface area contributed by atoms with Crippen LogP contribution in [0, 0.1) is 0 Å². The lowest BCUT2D eigenvalue weighted by molar-refractivity contribution is 0.634. The van der Waals surface area contributed by atoms with Crippen molar-refractivity contribution in [2.45, 2.75) is 31.7 Å². The van der Waals surface area contributed by atoms with E-state index in [2.05, 4.69) is 40.3 Å². The number of hydrogen-bond acceptors (Lipinski definition) is 2. The van der Waals surface area contributed by atoms with E-state index in [-0.39, 0.29) is 0 Å². The number of thiophene rings is 1. The van der Waals surface area contributed by atoms with Gasteiger partial charge < -0.3 is 10.6 Å². The fourth-order valence-electron chi connectivity index (χ4n) is 2.47. The predicted molar refractivity (Wildman–Crippen MR) is 83.4 cm³/mol. The van der Waals surface area contributed by atoms with Crippen LogP contribution in [0.3, 0.4) is 0 Å². The van der Waals surface area contributed by atoms with E-state index < -0.39 is 0 Å². The molecular formula is C14H16N2S2. The van der Waals surface area contributed by atoms with Crippen LogP contribution in [0.25, 0.3) is 10.1 Å². The molecule has 1 aromatic carbocycles. The molecule has 1 aliphatic carbocycles. The highest BCUT2D eigenvalue weighted by atomic mass is 32.1. The fraction of sp³-hybridized carbons (Fsp3) is 0.357. The van der Waals surface area contributed by atoms with Gasteiger partial charge >= 0.3 is 0 Å². The lowest BCUT2D eigenvalue weighted by Crippen LogP contribution is -2.35. The molecule has 2 aromatic rings. The Hall–Kier alpha value is -1.13. The standard InChI is InChI=1S/C14H16N2S2/c17-14(15-11-3-1-2-4-11)16-12-5-6-13-10(9-12)7-8-18-13/h5-9,11H,1-4H2,(H2,15,16,17). The van der Waals surface area contributed by atoms with Crippen LogP contribution in [0.15, 0.2) is 29.6 Å². The normalized spacial score (nSPS) is 16.0. The number of fused-ring (bicyclic) bond motifs is 1. The van der Waals surface area contributed by atoms with Crippen LogP contribution in [0.1, 0.15) is 25.7 Å². The highest BCUT2D eigenvalue weighted by Crippen LogP contribution is 2.24. The van der Waals surface area contributed by atoms with E-state index in [9.17, 15) is 0 Å². The first-order valence-electron chi connectivity index (χ1n) is 6.36. The van der Waals surface area contributed by atoms with E-state index in [4.69, 9.17) is 12.2 Å². The van der Waals surface area contributed by atoms with E-state index in [1.807, 2.05) is 0 Å². The first kappa shape index (κ1) is 11.9. The van der Waals surface area contributed by atoms with Crippen molar-refractivity contribution in [1.82, 2.24) is 5.32 Å². The summed E-state index contributed by atoms with van der Waals surface area (Å²) in [5.41, 5.74) is 1.07. The van der Waals surface area contributed by atoms with Gasteiger partial charge in [-0.25, -0.2) is 0 Å². The molecule has 18 heavy (non-hydrogen) atoms. The van der Waals surface area contributed by atoms with Crippen LogP contribution < -0.4 is 10.6 Å². The molecule has 0 atom stereocenters. The molecule has 1 fully saturated rings. The van der Waals surface area contributed by atoms with Gasteiger partial charge in [-0.3, -0.25) is 0 Å². The average Bonchev–Trinajstić information content (AvgIpc) is 2.98. The van der Waals surface area contributed by atoms with E-state index in [0.29, 0.717) is 6.04 Å². The van der Waals surface area contributed by atoms with E-state index in [0.717, 1.165) is 10.8 Å². The summed E-state index contributed by atoms with van der Waals surface area (Å²) in [6.45, 7) is 0. The van der Waals surface area contributed by atoms with Crippen LogP contribution in [0.5, 0.6) is 0 Å². The quantitative estimate of drug-likeness (QED) is 0.806. The first-order valence-corrected chi connectivity index (χ1v) is 7.65. The van der Waals surface area contributed by atoms with Crippen LogP contribution in [0.4, 0.5) is 5.69 Å². The largest absolute Gasteiger partial charge is 0.360 e. The Labute approximate surface area is 116 Å². The molecule has 1 aromatic heterocycles. The molecule has 0 saturated heterocycles. The minimum Gasteiger partial charge on any atom is -0.360 e. The number of rotatable bonds is 2. The molecule has 4 heteroatoms. The van der Waals surface area contributed by atoms with Gasteiger partial charge in [0.2, 0.25) is 0 Å². The highest BCUT2D eigenvalue weighted by molar-refractivity contribution is 7.80. The molecule has 2 nitrogen and oxygen atoms in total. The Kier molecular flexibility index (Phi) is 3.48. The molecule has 1 heterocycles. The third-order valence-electron chi connectivity index (χ3n) is 3.40. The summed E-state index contributed by atoms with van der Waals surface area (Å²) in [6, 6.07) is 9.07. The summed E-state index contributed by atoms with van der Waals surface area (Å²) < 4.78 is 1.32. The maximum absolute atomic E-state index is 5.36. The summed E-state index contributed by atoms with van der Waals surface area (Å²) >= 11 is 7.12. The molecule has 94 valence electrons. The van der Waals surface area contributed by atoms with E-state index in [1.54, 1.807) is 11.3 Å². The molecule has 0 amide bonds. The maximum atomic E-state index is 5.36. The zero-order valence-corrected chi connectivity index (χ0v) is 11.7. The second-order valence-corrected chi connectivity index (χ2v) is 6.11. The van der Waals surface area contributed by atoms with Crippen molar-refractivity contribution in [2.75, 3.05) is 5.32 Å². The molecule has 3 rings (SSSR count). The van der Waals surface area contributed by atoms with Crippen molar-refractivity contribution < 1.29 is 0 Å². The zero-order valence-electron chi connectivity index (χ0n) is 10.1. The smallest absolute Gasteiger partial charge is 0.170 e. The van der Waals surface area contributed by atoms with Gasteiger partial charge in [-0.2, -0.15) is 0 Å². The maximum Gasteiger partial charge on any atom is 0.170 e. The summed E-state index contributed by atoms with van der Waals surface area (Å²) in [6.07, 6.45) is 5.12. The van der Waals surface area contributed by atoms with Gasteiger partial charge in [-0.05, 0) is 60.1 Å². The second-order valence-electron chi connectivity index (χ2n) is 4.75. The minimum atomic E-state index is 0.565. The van der Waals surface area contributed by atoms with Crippen LogP contribution >= 0.6 is 23.6 Å². The predicted octanol–water partition coefficient (Wildman–Crippen LogP) is 4.13. The van der Waals surface area contributed by atoms with Gasteiger partial charge in [0.25, 0.3) is 0 Å². The fourth-order valence-corrected chi connectivity index (χ4v) is 3.52. The third-order valence-corrected chi connectivity index (χ3v) is 4.52. The van der Waals surface area contributed by atoms with Crippen LogP contribution in [0.2, 0.25) is 0 Å². The summed E-state index contributed by atoms with van der Waals surface area (Å²) in [5, 5.41) is 10.8. The Morgan fingerprint density at radius 1 is 1.22 bits per heavy atom. The Balaban J connectivity index is 1.65. The molecule has 1 aliphatic rings. The number of benzene rings is 1.